The number of amides is 1. The Labute approximate surface area is 111 Å². The second-order valence-electron chi connectivity index (χ2n) is 4.83. The zero-order chi connectivity index (χ0) is 13.8. The van der Waals surface area contributed by atoms with Crippen LogP contribution in [0, 0.1) is 0 Å². The van der Waals surface area contributed by atoms with E-state index in [1.54, 1.807) is 39.0 Å². The Morgan fingerprint density at radius 2 is 2.11 bits per heavy atom. The van der Waals surface area contributed by atoms with Crippen LogP contribution < -0.4 is 5.32 Å². The first kappa shape index (κ1) is 14.5. The van der Waals surface area contributed by atoms with E-state index in [1.165, 1.54) is 0 Å². The molecule has 18 heavy (non-hydrogen) atoms. The Morgan fingerprint density at radius 1 is 1.44 bits per heavy atom. The Bertz CT molecular complexity index is 452. The Hall–Kier alpha value is -1.55. The summed E-state index contributed by atoms with van der Waals surface area (Å²) in [5.74, 6) is 0. The van der Waals surface area contributed by atoms with Crippen LogP contribution in [0.4, 0.5) is 4.79 Å². The first-order valence-corrected chi connectivity index (χ1v) is 5.90. The first-order chi connectivity index (χ1) is 8.31. The van der Waals surface area contributed by atoms with Crippen LogP contribution in [0.15, 0.2) is 18.2 Å². The van der Waals surface area contributed by atoms with Crippen molar-refractivity contribution in [3.05, 3.63) is 34.3 Å². The SMILES string of the molecule is CC(C)(C)OC(=O)NCc1ccc(Cl)c(C=O)c1. The molecule has 0 unspecified atom stereocenters. The maximum atomic E-state index is 11.4. The number of carbonyl (C=O) groups excluding carboxylic acids is 2. The lowest BCUT2D eigenvalue weighted by Crippen LogP contribution is -2.32. The predicted octanol–water partition coefficient (Wildman–Crippen LogP) is 3.18. The molecule has 0 saturated heterocycles. The van der Waals surface area contributed by atoms with E-state index in [2.05, 4.69) is 5.32 Å². The molecule has 0 aromatic heterocycles. The number of nitrogens with one attached hydrogen (secondary N) is 1. The zero-order valence-corrected chi connectivity index (χ0v) is 11.4. The quantitative estimate of drug-likeness (QED) is 0.858. The standard InChI is InChI=1S/C13H16ClNO3/c1-13(2,3)18-12(17)15-7-9-4-5-11(14)10(6-9)8-16/h4-6,8H,7H2,1-3H3,(H,15,17). The molecule has 1 aromatic rings. The van der Waals surface area contributed by atoms with Gasteiger partial charge in [0.15, 0.2) is 6.29 Å². The smallest absolute Gasteiger partial charge is 0.407 e. The van der Waals surface area contributed by atoms with E-state index in [0.717, 1.165) is 5.56 Å². The van der Waals surface area contributed by atoms with E-state index in [9.17, 15) is 9.59 Å². The summed E-state index contributed by atoms with van der Waals surface area (Å²) in [7, 11) is 0. The lowest BCUT2D eigenvalue weighted by Gasteiger charge is -2.19. The van der Waals surface area contributed by atoms with Gasteiger partial charge in [-0.15, -0.1) is 0 Å². The molecule has 0 spiro atoms. The number of carbonyl (C=O) groups is 2. The lowest BCUT2D eigenvalue weighted by atomic mass is 10.1. The van der Waals surface area contributed by atoms with Crippen molar-refractivity contribution in [1.82, 2.24) is 5.32 Å². The average molecular weight is 270 g/mol. The monoisotopic (exact) mass is 269 g/mol. The van der Waals surface area contributed by atoms with Gasteiger partial charge in [-0.2, -0.15) is 0 Å². The summed E-state index contributed by atoms with van der Waals surface area (Å²) in [5, 5.41) is 3.00. The molecule has 0 fully saturated rings. The predicted molar refractivity (Wildman–Crippen MR) is 69.9 cm³/mol. The Morgan fingerprint density at radius 3 is 2.67 bits per heavy atom. The summed E-state index contributed by atoms with van der Waals surface area (Å²) in [5.41, 5.74) is 0.658. The summed E-state index contributed by atoms with van der Waals surface area (Å²) < 4.78 is 5.09. The van der Waals surface area contributed by atoms with Gasteiger partial charge in [-0.05, 0) is 38.5 Å². The van der Waals surface area contributed by atoms with Crippen LogP contribution in [0.25, 0.3) is 0 Å². The second kappa shape index (κ2) is 5.87. The molecule has 98 valence electrons. The van der Waals surface area contributed by atoms with Gasteiger partial charge >= 0.3 is 6.09 Å². The normalized spacial score (nSPS) is 10.9. The number of aldehydes is 1. The molecule has 1 aromatic carbocycles. The molecule has 0 radical (unpaired) electrons. The van der Waals surface area contributed by atoms with E-state index in [1.807, 2.05) is 0 Å². The number of ether oxygens (including phenoxy) is 1. The first-order valence-electron chi connectivity index (χ1n) is 5.52. The molecule has 0 heterocycles. The van der Waals surface area contributed by atoms with E-state index in [-0.39, 0.29) is 6.54 Å². The minimum Gasteiger partial charge on any atom is -0.444 e. The number of hydrogen-bond donors (Lipinski definition) is 1. The minimum absolute atomic E-state index is 0.285. The molecule has 1 rings (SSSR count). The van der Waals surface area contributed by atoms with Gasteiger partial charge in [0.2, 0.25) is 0 Å². The van der Waals surface area contributed by atoms with Crippen LogP contribution in [-0.4, -0.2) is 18.0 Å². The van der Waals surface area contributed by atoms with Crippen LogP contribution >= 0.6 is 11.6 Å². The van der Waals surface area contributed by atoms with Gasteiger partial charge in [0.05, 0.1) is 5.02 Å². The molecule has 1 amide bonds. The molecular formula is C13H16ClNO3. The van der Waals surface area contributed by atoms with Crippen molar-refractivity contribution in [2.75, 3.05) is 0 Å². The highest BCUT2D eigenvalue weighted by atomic mass is 35.5. The molecule has 0 aliphatic rings. The number of benzene rings is 1. The van der Waals surface area contributed by atoms with Crippen LogP contribution in [0.2, 0.25) is 5.02 Å². The number of halogens is 1. The van der Waals surface area contributed by atoms with Gasteiger partial charge in [-0.25, -0.2) is 4.79 Å². The van der Waals surface area contributed by atoms with Crippen LogP contribution in [-0.2, 0) is 11.3 Å². The third-order valence-corrected chi connectivity index (χ3v) is 2.37. The van der Waals surface area contributed by atoms with E-state index >= 15 is 0 Å². The van der Waals surface area contributed by atoms with Gasteiger partial charge < -0.3 is 10.1 Å². The van der Waals surface area contributed by atoms with Crippen molar-refractivity contribution in [2.24, 2.45) is 0 Å². The highest BCUT2D eigenvalue weighted by Crippen LogP contribution is 2.15. The van der Waals surface area contributed by atoms with Crippen molar-refractivity contribution in [3.63, 3.8) is 0 Å². The van der Waals surface area contributed by atoms with Gasteiger partial charge in [0.1, 0.15) is 5.60 Å². The molecule has 0 bridgehead atoms. The molecule has 0 aliphatic heterocycles. The maximum absolute atomic E-state index is 11.4. The zero-order valence-electron chi connectivity index (χ0n) is 10.6. The number of alkyl carbamates (subject to hydrolysis) is 1. The average Bonchev–Trinajstić information content (AvgIpc) is 2.25. The largest absolute Gasteiger partial charge is 0.444 e. The molecule has 4 nitrogen and oxygen atoms in total. The Balaban J connectivity index is 2.59. The highest BCUT2D eigenvalue weighted by Gasteiger charge is 2.15. The van der Waals surface area contributed by atoms with Gasteiger partial charge in [-0.1, -0.05) is 17.7 Å². The molecule has 0 saturated carbocycles. The third-order valence-electron chi connectivity index (χ3n) is 2.02. The van der Waals surface area contributed by atoms with Gasteiger partial charge in [0.25, 0.3) is 0 Å². The topological polar surface area (TPSA) is 55.4 Å². The van der Waals surface area contributed by atoms with Crippen LogP contribution in [0.3, 0.4) is 0 Å². The Kier molecular flexibility index (Phi) is 4.73. The number of rotatable bonds is 3. The van der Waals surface area contributed by atoms with Crippen molar-refractivity contribution in [2.45, 2.75) is 32.9 Å². The fourth-order valence-electron chi connectivity index (χ4n) is 1.28. The fraction of sp³-hybridized carbons (Fsp3) is 0.385. The molecule has 0 aliphatic carbocycles. The van der Waals surface area contributed by atoms with Crippen molar-refractivity contribution in [3.8, 4) is 0 Å². The van der Waals surface area contributed by atoms with Crippen molar-refractivity contribution in [1.29, 1.82) is 0 Å². The molecule has 1 N–H and O–H groups in total. The van der Waals surface area contributed by atoms with Crippen molar-refractivity contribution < 1.29 is 14.3 Å². The highest BCUT2D eigenvalue weighted by molar-refractivity contribution is 6.32. The van der Waals surface area contributed by atoms with Crippen molar-refractivity contribution >= 4 is 24.0 Å². The summed E-state index contributed by atoms with van der Waals surface area (Å²) in [6, 6.07) is 5.00. The fourth-order valence-corrected chi connectivity index (χ4v) is 1.44. The van der Waals surface area contributed by atoms with Crippen LogP contribution in [0.5, 0.6) is 0 Å². The summed E-state index contributed by atoms with van der Waals surface area (Å²) >= 11 is 5.80. The minimum atomic E-state index is -0.530. The van der Waals surface area contributed by atoms with E-state index in [0.29, 0.717) is 16.9 Å². The molecular weight excluding hydrogens is 254 g/mol. The summed E-state index contributed by atoms with van der Waals surface area (Å²) in [6.07, 6.45) is 0.185. The number of hydrogen-bond acceptors (Lipinski definition) is 3. The molecule has 5 heteroatoms. The summed E-state index contributed by atoms with van der Waals surface area (Å²) in [6.45, 7) is 5.66. The van der Waals surface area contributed by atoms with Gasteiger partial charge in [-0.3, -0.25) is 4.79 Å². The molecule has 0 atom stereocenters. The second-order valence-corrected chi connectivity index (χ2v) is 5.24. The van der Waals surface area contributed by atoms with Crippen LogP contribution in [0.1, 0.15) is 36.7 Å². The van der Waals surface area contributed by atoms with Gasteiger partial charge in [0, 0.05) is 12.1 Å². The van der Waals surface area contributed by atoms with E-state index < -0.39 is 11.7 Å². The lowest BCUT2D eigenvalue weighted by molar-refractivity contribution is 0.0523. The summed E-state index contributed by atoms with van der Waals surface area (Å²) in [4.78, 5) is 22.1. The van der Waals surface area contributed by atoms with E-state index in [4.69, 9.17) is 16.3 Å². The maximum Gasteiger partial charge on any atom is 0.407 e. The third kappa shape index (κ3) is 4.75.